The Morgan fingerprint density at radius 1 is 1.03 bits per heavy atom. The first-order valence-corrected chi connectivity index (χ1v) is 13.7. The molecule has 0 saturated heterocycles. The smallest absolute Gasteiger partial charge is 0.242 e. The molecule has 1 aromatic heterocycles. The molecule has 0 spiro atoms. The molecule has 2 amide bonds. The SMILES string of the molecule is CCCCCN(CC(=O)N(Cc1cccn1Cc1ccc(F)cc1)C1CCCCC1)C(=O)C(C)(C)C. The summed E-state index contributed by atoms with van der Waals surface area (Å²) < 4.78 is 15.5. The Morgan fingerprint density at radius 3 is 2.36 bits per heavy atom. The molecule has 1 saturated carbocycles. The summed E-state index contributed by atoms with van der Waals surface area (Å²) in [5.41, 5.74) is 1.55. The quantitative estimate of drug-likeness (QED) is 0.337. The van der Waals surface area contributed by atoms with Crippen molar-refractivity contribution < 1.29 is 14.0 Å². The standard InChI is InChI=1S/C30H44FN3O2/c1-5-6-10-19-33(29(36)30(2,3)4)23-28(35)34(26-12-8-7-9-13-26)22-27-14-11-20-32(27)21-24-15-17-25(31)18-16-24/h11,14-18,20,26H,5-10,12-13,19,21-23H2,1-4H3. The number of unbranched alkanes of at least 4 members (excludes halogenated alkanes) is 2. The Kier molecular flexibility index (Phi) is 10.1. The highest BCUT2D eigenvalue weighted by atomic mass is 19.1. The zero-order chi connectivity index (χ0) is 26.1. The van der Waals surface area contributed by atoms with E-state index in [1.165, 1.54) is 18.6 Å². The molecule has 0 radical (unpaired) electrons. The summed E-state index contributed by atoms with van der Waals surface area (Å²) in [6.45, 7) is 9.82. The number of halogens is 1. The largest absolute Gasteiger partial charge is 0.345 e. The third-order valence-electron chi connectivity index (χ3n) is 7.14. The lowest BCUT2D eigenvalue weighted by molar-refractivity contribution is -0.147. The number of carbonyl (C=O) groups is 2. The fourth-order valence-corrected chi connectivity index (χ4v) is 5.06. The molecule has 198 valence electrons. The minimum Gasteiger partial charge on any atom is -0.345 e. The van der Waals surface area contributed by atoms with Gasteiger partial charge in [-0.15, -0.1) is 0 Å². The first-order valence-electron chi connectivity index (χ1n) is 13.7. The summed E-state index contributed by atoms with van der Waals surface area (Å²) in [6.07, 6.45) is 10.5. The van der Waals surface area contributed by atoms with Crippen molar-refractivity contribution in [3.05, 3.63) is 59.7 Å². The van der Waals surface area contributed by atoms with Crippen LogP contribution in [0.4, 0.5) is 4.39 Å². The number of benzene rings is 1. The Bertz CT molecular complexity index is 971. The van der Waals surface area contributed by atoms with Crippen LogP contribution in [0.1, 0.15) is 90.3 Å². The van der Waals surface area contributed by atoms with Crippen molar-refractivity contribution in [3.63, 3.8) is 0 Å². The number of hydrogen-bond donors (Lipinski definition) is 0. The van der Waals surface area contributed by atoms with Gasteiger partial charge >= 0.3 is 0 Å². The molecular weight excluding hydrogens is 453 g/mol. The summed E-state index contributed by atoms with van der Waals surface area (Å²) in [6, 6.07) is 10.8. The molecule has 0 N–H and O–H groups in total. The lowest BCUT2D eigenvalue weighted by Crippen LogP contribution is -2.49. The highest BCUT2D eigenvalue weighted by Crippen LogP contribution is 2.26. The minimum absolute atomic E-state index is 0.0329. The molecule has 1 fully saturated rings. The first-order chi connectivity index (χ1) is 17.2. The molecule has 1 aliphatic rings. The van der Waals surface area contributed by atoms with Crippen LogP contribution in [-0.4, -0.2) is 45.3 Å². The van der Waals surface area contributed by atoms with Crippen LogP contribution >= 0.6 is 0 Å². The van der Waals surface area contributed by atoms with Gasteiger partial charge < -0.3 is 14.4 Å². The van der Waals surface area contributed by atoms with Gasteiger partial charge in [0.25, 0.3) is 0 Å². The van der Waals surface area contributed by atoms with Gasteiger partial charge in [-0.05, 0) is 49.1 Å². The van der Waals surface area contributed by atoms with Crippen LogP contribution < -0.4 is 0 Å². The zero-order valence-electron chi connectivity index (χ0n) is 22.6. The predicted octanol–water partition coefficient (Wildman–Crippen LogP) is 6.40. The van der Waals surface area contributed by atoms with E-state index in [9.17, 15) is 14.0 Å². The van der Waals surface area contributed by atoms with Crippen LogP contribution in [0.25, 0.3) is 0 Å². The van der Waals surface area contributed by atoms with Gasteiger partial charge in [-0.3, -0.25) is 9.59 Å². The van der Waals surface area contributed by atoms with E-state index in [0.29, 0.717) is 19.6 Å². The third kappa shape index (κ3) is 7.94. The van der Waals surface area contributed by atoms with E-state index in [1.807, 2.05) is 37.9 Å². The molecule has 1 aromatic carbocycles. The summed E-state index contributed by atoms with van der Waals surface area (Å²) in [7, 11) is 0. The highest BCUT2D eigenvalue weighted by Gasteiger charge is 2.32. The number of hydrogen-bond acceptors (Lipinski definition) is 2. The predicted molar refractivity (Wildman–Crippen MR) is 143 cm³/mol. The average molecular weight is 498 g/mol. The summed E-state index contributed by atoms with van der Waals surface area (Å²) >= 11 is 0. The van der Waals surface area contributed by atoms with Crippen LogP contribution in [0, 0.1) is 11.2 Å². The van der Waals surface area contributed by atoms with E-state index in [-0.39, 0.29) is 30.2 Å². The van der Waals surface area contributed by atoms with E-state index in [4.69, 9.17) is 0 Å². The minimum atomic E-state index is -0.522. The summed E-state index contributed by atoms with van der Waals surface area (Å²) in [5.74, 6) is -0.172. The van der Waals surface area contributed by atoms with Crippen molar-refractivity contribution >= 4 is 11.8 Å². The van der Waals surface area contributed by atoms with E-state index in [0.717, 1.165) is 56.2 Å². The molecule has 36 heavy (non-hydrogen) atoms. The first kappa shape index (κ1) is 27.9. The van der Waals surface area contributed by atoms with Gasteiger partial charge in [0.05, 0.1) is 13.1 Å². The number of amides is 2. The normalized spacial score (nSPS) is 14.6. The van der Waals surface area contributed by atoms with Gasteiger partial charge in [0.1, 0.15) is 5.82 Å². The van der Waals surface area contributed by atoms with Crippen molar-refractivity contribution in [3.8, 4) is 0 Å². The van der Waals surface area contributed by atoms with E-state index >= 15 is 0 Å². The second-order valence-corrected chi connectivity index (χ2v) is 11.3. The number of nitrogens with zero attached hydrogens (tertiary/aromatic N) is 3. The Morgan fingerprint density at radius 2 is 1.72 bits per heavy atom. The maximum Gasteiger partial charge on any atom is 0.242 e. The molecule has 0 unspecified atom stereocenters. The van der Waals surface area contributed by atoms with Crippen molar-refractivity contribution in [2.45, 2.75) is 98.2 Å². The van der Waals surface area contributed by atoms with Gasteiger partial charge in [0.15, 0.2) is 0 Å². The lowest BCUT2D eigenvalue weighted by atomic mass is 9.93. The van der Waals surface area contributed by atoms with E-state index in [1.54, 1.807) is 17.0 Å². The zero-order valence-corrected chi connectivity index (χ0v) is 22.6. The van der Waals surface area contributed by atoms with Gasteiger partial charge in [-0.1, -0.05) is 71.9 Å². The second kappa shape index (κ2) is 13.1. The van der Waals surface area contributed by atoms with Crippen LogP contribution in [0.2, 0.25) is 0 Å². The molecule has 0 atom stereocenters. The molecule has 2 aromatic rings. The van der Waals surface area contributed by atoms with Crippen molar-refractivity contribution in [2.75, 3.05) is 13.1 Å². The van der Waals surface area contributed by atoms with Crippen LogP contribution in [0.5, 0.6) is 0 Å². The maximum atomic E-state index is 13.8. The fraction of sp³-hybridized carbons (Fsp3) is 0.600. The van der Waals surface area contributed by atoms with Gasteiger partial charge in [0, 0.05) is 36.4 Å². The Labute approximate surface area is 216 Å². The molecule has 6 heteroatoms. The van der Waals surface area contributed by atoms with Crippen molar-refractivity contribution in [1.29, 1.82) is 0 Å². The van der Waals surface area contributed by atoms with Gasteiger partial charge in [-0.25, -0.2) is 4.39 Å². The van der Waals surface area contributed by atoms with Gasteiger partial charge in [-0.2, -0.15) is 0 Å². The average Bonchev–Trinajstić information content (AvgIpc) is 3.29. The molecule has 0 bridgehead atoms. The maximum absolute atomic E-state index is 13.8. The Hall–Kier alpha value is -2.63. The number of rotatable bonds is 11. The molecule has 5 nitrogen and oxygen atoms in total. The molecule has 1 heterocycles. The topological polar surface area (TPSA) is 45.6 Å². The summed E-state index contributed by atoms with van der Waals surface area (Å²) in [5, 5.41) is 0. The third-order valence-corrected chi connectivity index (χ3v) is 7.14. The van der Waals surface area contributed by atoms with Crippen molar-refractivity contribution in [1.82, 2.24) is 14.4 Å². The highest BCUT2D eigenvalue weighted by molar-refractivity contribution is 5.87. The Balaban J connectivity index is 1.79. The molecule has 3 rings (SSSR count). The molecule has 0 aliphatic heterocycles. The van der Waals surface area contributed by atoms with E-state index < -0.39 is 5.41 Å². The monoisotopic (exact) mass is 497 g/mol. The second-order valence-electron chi connectivity index (χ2n) is 11.3. The summed E-state index contributed by atoms with van der Waals surface area (Å²) in [4.78, 5) is 30.9. The van der Waals surface area contributed by atoms with Gasteiger partial charge in [0.2, 0.25) is 11.8 Å². The number of carbonyl (C=O) groups excluding carboxylic acids is 2. The molecule has 1 aliphatic carbocycles. The number of aromatic nitrogens is 1. The van der Waals surface area contributed by atoms with Crippen molar-refractivity contribution in [2.24, 2.45) is 5.41 Å². The van der Waals surface area contributed by atoms with Crippen LogP contribution in [0.3, 0.4) is 0 Å². The van der Waals surface area contributed by atoms with E-state index in [2.05, 4.69) is 17.6 Å². The lowest BCUT2D eigenvalue weighted by Gasteiger charge is -2.37. The fourth-order valence-electron chi connectivity index (χ4n) is 5.06. The molecular formula is C30H44FN3O2. The van der Waals surface area contributed by atoms with Crippen LogP contribution in [0.15, 0.2) is 42.6 Å². The van der Waals surface area contributed by atoms with Crippen LogP contribution in [-0.2, 0) is 22.7 Å².